The number of fused-ring (bicyclic) bond motifs is 1. The lowest BCUT2D eigenvalue weighted by atomic mass is 10.0. The third-order valence-electron chi connectivity index (χ3n) is 5.12. The molecule has 2 N–H and O–H groups in total. The van der Waals surface area contributed by atoms with Gasteiger partial charge >= 0.3 is 0 Å². The van der Waals surface area contributed by atoms with Crippen molar-refractivity contribution in [2.24, 2.45) is 0 Å². The van der Waals surface area contributed by atoms with Crippen LogP contribution in [0.15, 0.2) is 60.7 Å². The normalized spacial score (nSPS) is 12.7. The summed E-state index contributed by atoms with van der Waals surface area (Å²) in [5.74, 6) is 0.0936. The van der Waals surface area contributed by atoms with Crippen LogP contribution in [0.25, 0.3) is 23.8 Å². The van der Waals surface area contributed by atoms with Crippen LogP contribution in [-0.4, -0.2) is 16.8 Å². The Kier molecular flexibility index (Phi) is 6.74. The minimum Gasteiger partial charge on any atom is -0.487 e. The molecule has 0 radical (unpaired) electrons. The van der Waals surface area contributed by atoms with Crippen LogP contribution in [-0.2, 0) is 11.3 Å². The second-order valence-corrected chi connectivity index (χ2v) is 7.67. The zero-order valence-corrected chi connectivity index (χ0v) is 18.3. The predicted molar refractivity (Wildman–Crippen MR) is 129 cm³/mol. The van der Waals surface area contributed by atoms with E-state index in [1.807, 2.05) is 30.3 Å². The lowest BCUT2D eigenvalue weighted by molar-refractivity contribution is 0.301. The van der Waals surface area contributed by atoms with Gasteiger partial charge in [-0.25, -0.2) is 9.37 Å². The van der Waals surface area contributed by atoms with Crippen LogP contribution in [0.5, 0.6) is 5.75 Å². The van der Waals surface area contributed by atoms with E-state index in [0.29, 0.717) is 17.9 Å². The Morgan fingerprint density at radius 1 is 0.970 bits per heavy atom. The molecule has 2 aromatic carbocycles. The van der Waals surface area contributed by atoms with Crippen molar-refractivity contribution in [3.05, 3.63) is 93.9 Å². The Bertz CT molecular complexity index is 1330. The van der Waals surface area contributed by atoms with E-state index in [1.165, 1.54) is 24.3 Å². The van der Waals surface area contributed by atoms with Crippen LogP contribution in [0.3, 0.4) is 0 Å². The zero-order valence-electron chi connectivity index (χ0n) is 18.3. The first-order valence-corrected chi connectivity index (χ1v) is 10.7. The first kappa shape index (κ1) is 22.1. The second-order valence-electron chi connectivity index (χ2n) is 7.67. The molecule has 0 saturated heterocycles. The Morgan fingerprint density at radius 2 is 1.70 bits per heavy atom. The number of nitrogens with one attached hydrogen (secondary N) is 2. The fourth-order valence-electron chi connectivity index (χ4n) is 3.50. The van der Waals surface area contributed by atoms with E-state index in [1.54, 1.807) is 18.2 Å². The average Bonchev–Trinajstić information content (AvgIpc) is 2.82. The molecular weight excluding hydrogens is 417 g/mol. The number of benzene rings is 2. The van der Waals surface area contributed by atoms with Crippen molar-refractivity contribution < 1.29 is 13.9 Å². The topological polar surface area (TPSA) is 79.0 Å². The van der Waals surface area contributed by atoms with E-state index >= 15 is 0 Å². The zero-order chi connectivity index (χ0) is 23.2. The summed E-state index contributed by atoms with van der Waals surface area (Å²) in [6, 6.07) is 17.3. The SMILES string of the molecule is CC(=N)OC(=N)C(=Cc1ccc(F)cc1)c1ccc(OCc2ccc3c(n2)=CCCC=3)cc1. The molecule has 0 unspecified atom stereocenters. The molecule has 1 aliphatic rings. The highest BCUT2D eigenvalue weighted by atomic mass is 19.1. The van der Waals surface area contributed by atoms with Crippen LogP contribution in [0.2, 0.25) is 0 Å². The summed E-state index contributed by atoms with van der Waals surface area (Å²) < 4.78 is 24.4. The maximum Gasteiger partial charge on any atom is 0.221 e. The number of hydrogen-bond acceptors (Lipinski definition) is 5. The molecule has 0 amide bonds. The molecule has 33 heavy (non-hydrogen) atoms. The van der Waals surface area contributed by atoms with Gasteiger partial charge in [-0.1, -0.05) is 42.5 Å². The highest BCUT2D eigenvalue weighted by Crippen LogP contribution is 2.23. The summed E-state index contributed by atoms with van der Waals surface area (Å²) in [5, 5.41) is 18.0. The maximum absolute atomic E-state index is 13.3. The van der Waals surface area contributed by atoms with E-state index in [2.05, 4.69) is 23.2 Å². The van der Waals surface area contributed by atoms with Gasteiger partial charge in [0.1, 0.15) is 18.2 Å². The van der Waals surface area contributed by atoms with Gasteiger partial charge in [-0.05, 0) is 65.6 Å². The van der Waals surface area contributed by atoms with E-state index < -0.39 is 0 Å². The third-order valence-corrected chi connectivity index (χ3v) is 5.12. The molecular formula is C27H24FN3O2. The number of ether oxygens (including phenoxy) is 2. The molecule has 0 atom stereocenters. The van der Waals surface area contributed by atoms with Crippen molar-refractivity contribution in [1.29, 1.82) is 10.8 Å². The van der Waals surface area contributed by atoms with Crippen LogP contribution in [0.1, 0.15) is 36.6 Å². The van der Waals surface area contributed by atoms with E-state index in [-0.39, 0.29) is 17.6 Å². The van der Waals surface area contributed by atoms with Crippen LogP contribution >= 0.6 is 0 Å². The third kappa shape index (κ3) is 5.80. The summed E-state index contributed by atoms with van der Waals surface area (Å²) in [7, 11) is 0. The molecule has 0 spiro atoms. The summed E-state index contributed by atoms with van der Waals surface area (Å²) in [4.78, 5) is 4.67. The summed E-state index contributed by atoms with van der Waals surface area (Å²) in [5.41, 5.74) is 2.77. The number of hydrogen-bond donors (Lipinski definition) is 2. The van der Waals surface area contributed by atoms with Gasteiger partial charge in [-0.3, -0.25) is 10.8 Å². The molecule has 0 fully saturated rings. The highest BCUT2D eigenvalue weighted by Gasteiger charge is 2.12. The van der Waals surface area contributed by atoms with Crippen LogP contribution in [0.4, 0.5) is 4.39 Å². The monoisotopic (exact) mass is 441 g/mol. The van der Waals surface area contributed by atoms with Gasteiger partial charge in [0.05, 0.1) is 11.0 Å². The molecule has 0 saturated carbocycles. The van der Waals surface area contributed by atoms with Crippen molar-refractivity contribution in [3.8, 4) is 5.75 Å². The van der Waals surface area contributed by atoms with Crippen molar-refractivity contribution in [2.45, 2.75) is 26.4 Å². The lowest BCUT2D eigenvalue weighted by Gasteiger charge is -2.12. The molecule has 1 aromatic heterocycles. The number of halogens is 1. The minimum atomic E-state index is -0.332. The largest absolute Gasteiger partial charge is 0.487 e. The van der Waals surface area contributed by atoms with Gasteiger partial charge < -0.3 is 9.47 Å². The lowest BCUT2D eigenvalue weighted by Crippen LogP contribution is -2.30. The van der Waals surface area contributed by atoms with Crippen LogP contribution < -0.4 is 15.3 Å². The smallest absolute Gasteiger partial charge is 0.221 e. The fourth-order valence-corrected chi connectivity index (χ4v) is 3.50. The van der Waals surface area contributed by atoms with E-state index in [9.17, 15) is 4.39 Å². The Labute approximate surface area is 191 Å². The summed E-state index contributed by atoms with van der Waals surface area (Å²) >= 11 is 0. The van der Waals surface area contributed by atoms with Crippen molar-refractivity contribution >= 4 is 35.6 Å². The van der Waals surface area contributed by atoms with Crippen molar-refractivity contribution in [1.82, 2.24) is 4.98 Å². The van der Waals surface area contributed by atoms with Crippen LogP contribution in [0, 0.1) is 16.6 Å². The standard InChI is InChI=1S/C27H24FN3O2/c1-18(29)33-27(30)25(16-19-6-11-22(28)12-7-19)20-9-14-24(15-10-20)32-17-23-13-8-21-4-2-3-5-26(21)31-23/h4-16,29-30H,2-3,17H2,1H3. The second kappa shape index (κ2) is 10.0. The Hall–Kier alpha value is -4.06. The van der Waals surface area contributed by atoms with E-state index in [4.69, 9.17) is 20.3 Å². The molecule has 5 nitrogen and oxygen atoms in total. The Balaban J connectivity index is 1.53. The molecule has 4 rings (SSSR count). The molecule has 0 bridgehead atoms. The predicted octanol–water partition coefficient (Wildman–Crippen LogP) is 4.69. The van der Waals surface area contributed by atoms with E-state index in [0.717, 1.165) is 35.0 Å². The molecule has 1 heterocycles. The minimum absolute atomic E-state index is 0.0858. The van der Waals surface area contributed by atoms with Gasteiger partial charge in [0.2, 0.25) is 5.90 Å². The quantitative estimate of drug-likeness (QED) is 0.331. The first-order chi connectivity index (χ1) is 16.0. The number of pyridine rings is 1. The van der Waals surface area contributed by atoms with Crippen molar-refractivity contribution in [3.63, 3.8) is 0 Å². The molecule has 6 heteroatoms. The number of aromatic nitrogens is 1. The first-order valence-electron chi connectivity index (χ1n) is 10.7. The fraction of sp³-hybridized carbons (Fsp3) is 0.148. The number of rotatable bonds is 6. The van der Waals surface area contributed by atoms with Gasteiger partial charge in [0, 0.05) is 12.5 Å². The van der Waals surface area contributed by atoms with Crippen molar-refractivity contribution in [2.75, 3.05) is 0 Å². The molecule has 166 valence electrons. The van der Waals surface area contributed by atoms with Gasteiger partial charge in [-0.2, -0.15) is 0 Å². The average molecular weight is 442 g/mol. The maximum atomic E-state index is 13.3. The van der Waals surface area contributed by atoms with Gasteiger partial charge in [0.25, 0.3) is 0 Å². The summed E-state index contributed by atoms with van der Waals surface area (Å²) in [6.45, 7) is 1.82. The Morgan fingerprint density at radius 3 is 2.42 bits per heavy atom. The summed E-state index contributed by atoms with van der Waals surface area (Å²) in [6.07, 6.45) is 8.14. The molecule has 0 aliphatic heterocycles. The highest BCUT2D eigenvalue weighted by molar-refractivity contribution is 6.25. The molecule has 1 aliphatic carbocycles. The molecule has 3 aromatic rings. The van der Waals surface area contributed by atoms with Gasteiger partial charge in [0.15, 0.2) is 5.90 Å². The number of nitrogens with zero attached hydrogens (tertiary/aromatic N) is 1. The van der Waals surface area contributed by atoms with Gasteiger partial charge in [-0.15, -0.1) is 0 Å².